The van der Waals surface area contributed by atoms with Crippen molar-refractivity contribution in [3.05, 3.63) is 144 Å². The van der Waals surface area contributed by atoms with Gasteiger partial charge in [0, 0.05) is 23.7 Å². The average molecular weight is 659 g/mol. The molecule has 50 heavy (non-hydrogen) atoms. The van der Waals surface area contributed by atoms with Crippen LogP contribution in [0.15, 0.2) is 122 Å². The Morgan fingerprint density at radius 1 is 0.600 bits per heavy atom. The molecule has 2 N–H and O–H groups in total. The first-order chi connectivity index (χ1) is 24.6. The number of amides is 2. The van der Waals surface area contributed by atoms with Crippen LogP contribution in [0.5, 0.6) is 0 Å². The molecule has 6 aromatic rings. The lowest BCUT2D eigenvalue weighted by atomic mass is 9.97. The summed E-state index contributed by atoms with van der Waals surface area (Å²) in [6.07, 6.45) is 8.87. The molecule has 4 aromatic carbocycles. The number of aromatic nitrogens is 4. The number of aromatic amines is 2. The number of carbonyl (C=O) groups is 2. The van der Waals surface area contributed by atoms with E-state index in [-0.39, 0.29) is 29.9 Å². The molecule has 0 spiro atoms. The lowest BCUT2D eigenvalue weighted by Crippen LogP contribution is -2.40. The number of nitrogens with zero attached hydrogens (tertiary/aromatic N) is 4. The Morgan fingerprint density at radius 3 is 1.76 bits per heavy atom. The van der Waals surface area contributed by atoms with Crippen LogP contribution < -0.4 is 0 Å². The number of piperidine rings is 1. The van der Waals surface area contributed by atoms with E-state index < -0.39 is 0 Å². The molecule has 248 valence electrons. The number of nitrogens with one attached hydrogen (secondary N) is 2. The van der Waals surface area contributed by atoms with Gasteiger partial charge in [-0.2, -0.15) is 0 Å². The molecular weight excluding hydrogens is 621 g/mol. The van der Waals surface area contributed by atoms with Crippen molar-refractivity contribution in [3.8, 4) is 33.6 Å². The zero-order valence-electron chi connectivity index (χ0n) is 27.7. The van der Waals surface area contributed by atoms with E-state index in [2.05, 4.69) is 63.4 Å². The first kappa shape index (κ1) is 30.3. The van der Waals surface area contributed by atoms with Crippen molar-refractivity contribution >= 4 is 11.8 Å². The van der Waals surface area contributed by atoms with E-state index in [9.17, 15) is 9.59 Å². The summed E-state index contributed by atoms with van der Waals surface area (Å²) >= 11 is 0. The zero-order valence-corrected chi connectivity index (χ0v) is 27.7. The largest absolute Gasteiger partial charge is 0.340 e. The van der Waals surface area contributed by atoms with Crippen LogP contribution in [0, 0.1) is 5.92 Å². The van der Waals surface area contributed by atoms with E-state index in [0.29, 0.717) is 11.5 Å². The minimum Gasteiger partial charge on any atom is -0.340 e. The monoisotopic (exact) mass is 658 g/mol. The van der Waals surface area contributed by atoms with Gasteiger partial charge in [-0.05, 0) is 84.5 Å². The van der Waals surface area contributed by atoms with Crippen LogP contribution in [0.2, 0.25) is 0 Å². The quantitative estimate of drug-likeness (QED) is 0.180. The van der Waals surface area contributed by atoms with Gasteiger partial charge in [-0.3, -0.25) is 9.59 Å². The van der Waals surface area contributed by atoms with Gasteiger partial charge in [-0.15, -0.1) is 0 Å². The molecule has 8 heteroatoms. The molecule has 8 nitrogen and oxygen atoms in total. The van der Waals surface area contributed by atoms with Crippen LogP contribution in [0.1, 0.15) is 76.6 Å². The maximum atomic E-state index is 13.6. The lowest BCUT2D eigenvalue weighted by molar-refractivity contribution is 0.0579. The van der Waals surface area contributed by atoms with Crippen molar-refractivity contribution in [2.24, 2.45) is 5.92 Å². The van der Waals surface area contributed by atoms with Crippen molar-refractivity contribution < 1.29 is 9.59 Å². The van der Waals surface area contributed by atoms with Gasteiger partial charge in [0.2, 0.25) is 0 Å². The Labute approximate surface area is 291 Å². The topological polar surface area (TPSA) is 98.0 Å². The first-order valence-corrected chi connectivity index (χ1v) is 17.7. The number of carbonyl (C=O) groups excluding carboxylic acids is 2. The van der Waals surface area contributed by atoms with Crippen LogP contribution in [0.25, 0.3) is 33.6 Å². The fourth-order valence-electron chi connectivity index (χ4n) is 8.37. The fourth-order valence-corrected chi connectivity index (χ4v) is 8.37. The third-order valence-electron chi connectivity index (χ3n) is 10.9. The maximum absolute atomic E-state index is 13.6. The molecule has 2 aliphatic heterocycles. The van der Waals surface area contributed by atoms with Gasteiger partial charge in [0.25, 0.3) is 11.8 Å². The summed E-state index contributed by atoms with van der Waals surface area (Å²) in [6, 6.07) is 36.3. The molecule has 2 aromatic heterocycles. The molecular formula is C42H38N6O2. The Balaban J connectivity index is 0.887. The Kier molecular flexibility index (Phi) is 7.64. The molecule has 1 aliphatic carbocycles. The van der Waals surface area contributed by atoms with Crippen LogP contribution in [-0.2, 0) is 0 Å². The van der Waals surface area contributed by atoms with Gasteiger partial charge in [-0.1, -0.05) is 84.9 Å². The molecule has 1 saturated carbocycles. The number of H-pyrrole nitrogens is 2. The molecule has 3 aliphatic rings. The number of likely N-dealkylation sites (tertiary alicyclic amines) is 2. The van der Waals surface area contributed by atoms with Gasteiger partial charge < -0.3 is 19.8 Å². The third kappa shape index (κ3) is 5.41. The molecule has 3 fully saturated rings. The SMILES string of the molecule is O=C(c1ccccc1)N1CCC[C@H]1c1ncc(-c2ccc(-c3ccc(-c4cnc([C@H]5[C@H]6CC[C@@H](C6)N5C(=O)c5ccccc5)[nH]4)cc3)cc2)[nH]1. The summed E-state index contributed by atoms with van der Waals surface area (Å²) in [5, 5.41) is 0. The van der Waals surface area contributed by atoms with Crippen molar-refractivity contribution in [1.82, 2.24) is 29.7 Å². The summed E-state index contributed by atoms with van der Waals surface area (Å²) in [6.45, 7) is 0.735. The number of hydrogen-bond donors (Lipinski definition) is 2. The predicted molar refractivity (Wildman–Crippen MR) is 193 cm³/mol. The Morgan fingerprint density at radius 2 is 1.14 bits per heavy atom. The zero-order chi connectivity index (χ0) is 33.6. The summed E-state index contributed by atoms with van der Waals surface area (Å²) in [7, 11) is 0. The second-order valence-electron chi connectivity index (χ2n) is 13.8. The summed E-state index contributed by atoms with van der Waals surface area (Å²) < 4.78 is 0. The van der Waals surface area contributed by atoms with Gasteiger partial charge >= 0.3 is 0 Å². The highest BCUT2D eigenvalue weighted by molar-refractivity contribution is 5.95. The maximum Gasteiger partial charge on any atom is 0.254 e. The molecule has 0 radical (unpaired) electrons. The van der Waals surface area contributed by atoms with Gasteiger partial charge in [0.1, 0.15) is 11.6 Å². The minimum absolute atomic E-state index is 0.0205. The van der Waals surface area contributed by atoms with E-state index in [1.54, 1.807) is 0 Å². The van der Waals surface area contributed by atoms with Crippen LogP contribution >= 0.6 is 0 Å². The fraction of sp³-hybridized carbons (Fsp3) is 0.238. The molecule has 4 heterocycles. The van der Waals surface area contributed by atoms with E-state index in [4.69, 9.17) is 9.97 Å². The molecule has 9 rings (SSSR count). The molecule has 2 saturated heterocycles. The van der Waals surface area contributed by atoms with Crippen molar-refractivity contribution in [2.45, 2.75) is 50.2 Å². The van der Waals surface area contributed by atoms with Crippen LogP contribution in [-0.4, -0.2) is 54.1 Å². The molecule has 2 amide bonds. The smallest absolute Gasteiger partial charge is 0.254 e. The summed E-state index contributed by atoms with van der Waals surface area (Å²) in [5.74, 6) is 2.30. The molecule has 2 bridgehead atoms. The van der Waals surface area contributed by atoms with Crippen LogP contribution in [0.3, 0.4) is 0 Å². The predicted octanol–water partition coefficient (Wildman–Crippen LogP) is 8.48. The lowest BCUT2D eigenvalue weighted by Gasteiger charge is -2.34. The number of fused-ring (bicyclic) bond motifs is 2. The second-order valence-corrected chi connectivity index (χ2v) is 13.8. The molecule has 4 atom stereocenters. The van der Waals surface area contributed by atoms with E-state index >= 15 is 0 Å². The summed E-state index contributed by atoms with van der Waals surface area (Å²) in [4.78, 5) is 47.4. The second kappa shape index (κ2) is 12.6. The first-order valence-electron chi connectivity index (χ1n) is 17.7. The Bertz CT molecular complexity index is 2140. The van der Waals surface area contributed by atoms with E-state index in [1.807, 2.05) is 78.0 Å². The Hall–Kier alpha value is -5.76. The number of benzene rings is 4. The van der Waals surface area contributed by atoms with E-state index in [1.165, 1.54) is 0 Å². The van der Waals surface area contributed by atoms with Crippen molar-refractivity contribution in [2.75, 3.05) is 6.54 Å². The average Bonchev–Trinajstić information content (AvgIpc) is 4.03. The van der Waals surface area contributed by atoms with Crippen molar-refractivity contribution in [1.29, 1.82) is 0 Å². The number of hydrogen-bond acceptors (Lipinski definition) is 4. The number of rotatable bonds is 7. The van der Waals surface area contributed by atoms with Gasteiger partial charge in [0.05, 0.1) is 35.9 Å². The van der Waals surface area contributed by atoms with Crippen LogP contribution in [0.4, 0.5) is 0 Å². The minimum atomic E-state index is -0.0517. The normalized spacial score (nSPS) is 21.2. The summed E-state index contributed by atoms with van der Waals surface area (Å²) in [5.41, 5.74) is 7.70. The highest BCUT2D eigenvalue weighted by Gasteiger charge is 2.50. The highest BCUT2D eigenvalue weighted by atomic mass is 16.2. The third-order valence-corrected chi connectivity index (χ3v) is 10.9. The van der Waals surface area contributed by atoms with Crippen molar-refractivity contribution in [3.63, 3.8) is 0 Å². The number of imidazole rings is 2. The van der Waals surface area contributed by atoms with Gasteiger partial charge in [-0.25, -0.2) is 9.97 Å². The van der Waals surface area contributed by atoms with E-state index in [0.717, 1.165) is 89.5 Å². The highest BCUT2D eigenvalue weighted by Crippen LogP contribution is 2.50. The van der Waals surface area contributed by atoms with Gasteiger partial charge in [0.15, 0.2) is 0 Å². The standard InChI is InChI=1S/C42H38N6O2/c49-41(31-8-3-1-4-9-31)47-23-7-12-37(47)39-43-25-35(45-39)29-17-13-27(14-18-29)28-15-19-30(20-16-28)36-26-44-40(46-36)38-33-21-22-34(24-33)48(38)42(50)32-10-5-2-6-11-32/h1-6,8-11,13-20,25-26,33-34,37-38H,7,12,21-24H2,(H,43,45)(H,44,46)/t33-,34-,37-,38+/m0/s1. The molecule has 0 unspecified atom stereocenters.